The second kappa shape index (κ2) is 5.54. The molecule has 2 rings (SSSR count). The minimum Gasteiger partial charge on any atom is -0.481 e. The first-order valence-electron chi connectivity index (χ1n) is 6.08. The van der Waals surface area contributed by atoms with E-state index in [-0.39, 0.29) is 12.1 Å². The largest absolute Gasteiger partial charge is 0.481 e. The van der Waals surface area contributed by atoms with E-state index in [1.54, 1.807) is 20.0 Å². The predicted octanol–water partition coefficient (Wildman–Crippen LogP) is 1.30. The summed E-state index contributed by atoms with van der Waals surface area (Å²) < 4.78 is 1.50. The molecule has 0 aromatic carbocycles. The number of aryl methyl sites for hydroxylation is 2. The number of carboxylic acid groups (broad SMARTS) is 1. The van der Waals surface area contributed by atoms with E-state index in [4.69, 9.17) is 5.11 Å². The average Bonchev–Trinajstić information content (AvgIpc) is 2.75. The lowest BCUT2D eigenvalue weighted by Crippen LogP contribution is -2.28. The van der Waals surface area contributed by atoms with Crippen LogP contribution in [0.4, 0.5) is 0 Å². The predicted molar refractivity (Wildman–Crippen MR) is 75.3 cm³/mol. The highest BCUT2D eigenvalue weighted by atomic mass is 32.1. The summed E-state index contributed by atoms with van der Waals surface area (Å²) in [6.45, 7) is 5.68. The second-order valence-electron chi connectivity index (χ2n) is 4.55. The van der Waals surface area contributed by atoms with Gasteiger partial charge < -0.3 is 5.11 Å². The third kappa shape index (κ3) is 2.93. The number of thiazole rings is 1. The van der Waals surface area contributed by atoms with Crippen molar-refractivity contribution in [3.05, 3.63) is 43.5 Å². The molecular weight excluding hydrogens is 278 g/mol. The molecule has 0 spiro atoms. The standard InChI is InChI=1S/C13H15N3O3S/c1-7-11(4-12(17)18)8(2)16(13(19)15-7)6-10-5-14-9(3)20-10/h5H,4,6H2,1-3H3,(H,17,18). The quantitative estimate of drug-likeness (QED) is 0.918. The number of rotatable bonds is 4. The van der Waals surface area contributed by atoms with E-state index in [1.165, 1.54) is 15.9 Å². The molecule has 0 radical (unpaired) electrons. The molecule has 2 heterocycles. The molecule has 0 amide bonds. The second-order valence-corrected chi connectivity index (χ2v) is 5.87. The van der Waals surface area contributed by atoms with E-state index in [0.29, 0.717) is 23.5 Å². The molecule has 20 heavy (non-hydrogen) atoms. The summed E-state index contributed by atoms with van der Waals surface area (Å²) in [6.07, 6.45) is 1.59. The van der Waals surface area contributed by atoms with Gasteiger partial charge in [-0.15, -0.1) is 11.3 Å². The summed E-state index contributed by atoms with van der Waals surface area (Å²) in [5, 5.41) is 9.87. The molecule has 1 N–H and O–H groups in total. The topological polar surface area (TPSA) is 85.1 Å². The lowest BCUT2D eigenvalue weighted by Gasteiger charge is -2.13. The number of nitrogens with zero attached hydrogens (tertiary/aromatic N) is 3. The number of aliphatic carboxylic acids is 1. The van der Waals surface area contributed by atoms with Crippen LogP contribution in [0.15, 0.2) is 11.0 Å². The maximum Gasteiger partial charge on any atom is 0.348 e. The minimum absolute atomic E-state index is 0.132. The third-order valence-corrected chi connectivity index (χ3v) is 3.98. The number of carboxylic acids is 1. The van der Waals surface area contributed by atoms with E-state index < -0.39 is 5.97 Å². The zero-order valence-electron chi connectivity index (χ0n) is 11.5. The summed E-state index contributed by atoms with van der Waals surface area (Å²) in [4.78, 5) is 31.9. The van der Waals surface area contributed by atoms with E-state index in [2.05, 4.69) is 9.97 Å². The molecule has 0 saturated carbocycles. The zero-order valence-corrected chi connectivity index (χ0v) is 12.3. The number of hydrogen-bond donors (Lipinski definition) is 1. The van der Waals surface area contributed by atoms with Crippen molar-refractivity contribution in [1.29, 1.82) is 0 Å². The minimum atomic E-state index is -0.933. The Morgan fingerprint density at radius 2 is 2.10 bits per heavy atom. The van der Waals surface area contributed by atoms with Gasteiger partial charge in [-0.25, -0.2) is 9.78 Å². The van der Waals surface area contributed by atoms with Gasteiger partial charge in [0.1, 0.15) is 0 Å². The van der Waals surface area contributed by atoms with Crippen LogP contribution in [-0.2, 0) is 17.8 Å². The summed E-state index contributed by atoms with van der Waals surface area (Å²) >= 11 is 1.51. The molecule has 0 unspecified atom stereocenters. The van der Waals surface area contributed by atoms with Gasteiger partial charge in [0, 0.05) is 28.0 Å². The SMILES string of the molecule is Cc1ncc(Cn2c(C)c(CC(=O)O)c(C)nc2=O)s1. The Morgan fingerprint density at radius 1 is 1.40 bits per heavy atom. The summed E-state index contributed by atoms with van der Waals surface area (Å²) in [6, 6.07) is 0. The van der Waals surface area contributed by atoms with Crippen LogP contribution in [0.1, 0.15) is 26.8 Å². The first-order chi connectivity index (χ1) is 9.38. The molecule has 0 aliphatic rings. The Hall–Kier alpha value is -2.02. The number of aromatic nitrogens is 3. The van der Waals surface area contributed by atoms with E-state index in [0.717, 1.165) is 9.88 Å². The first kappa shape index (κ1) is 14.4. The number of hydrogen-bond acceptors (Lipinski definition) is 5. The van der Waals surface area contributed by atoms with Gasteiger partial charge in [-0.3, -0.25) is 9.36 Å². The smallest absolute Gasteiger partial charge is 0.348 e. The van der Waals surface area contributed by atoms with Crippen molar-refractivity contribution in [2.24, 2.45) is 0 Å². The number of carbonyl (C=O) groups is 1. The van der Waals surface area contributed by atoms with Crippen molar-refractivity contribution < 1.29 is 9.90 Å². The lowest BCUT2D eigenvalue weighted by molar-refractivity contribution is -0.136. The zero-order chi connectivity index (χ0) is 14.9. The van der Waals surface area contributed by atoms with E-state index in [9.17, 15) is 9.59 Å². The fourth-order valence-corrected chi connectivity index (χ4v) is 2.85. The Balaban J connectivity index is 2.47. The molecule has 106 valence electrons. The van der Waals surface area contributed by atoms with Crippen LogP contribution in [0.2, 0.25) is 0 Å². The van der Waals surface area contributed by atoms with Crippen molar-refractivity contribution >= 4 is 17.3 Å². The van der Waals surface area contributed by atoms with Crippen LogP contribution in [0.25, 0.3) is 0 Å². The summed E-state index contributed by atoms with van der Waals surface area (Å²) in [7, 11) is 0. The highest BCUT2D eigenvalue weighted by molar-refractivity contribution is 7.11. The van der Waals surface area contributed by atoms with Gasteiger partial charge in [-0.05, 0) is 20.8 Å². The van der Waals surface area contributed by atoms with E-state index >= 15 is 0 Å². The Bertz CT molecular complexity index is 718. The fraction of sp³-hybridized carbons (Fsp3) is 0.385. The van der Waals surface area contributed by atoms with Gasteiger partial charge in [-0.2, -0.15) is 4.98 Å². The fourth-order valence-electron chi connectivity index (χ4n) is 2.07. The van der Waals surface area contributed by atoms with Crippen LogP contribution >= 0.6 is 11.3 Å². The molecule has 7 heteroatoms. The molecule has 0 saturated heterocycles. The molecule has 0 aliphatic carbocycles. The molecular formula is C13H15N3O3S. The Labute approximate surface area is 119 Å². The third-order valence-electron chi connectivity index (χ3n) is 3.08. The molecule has 2 aromatic rings. The summed E-state index contributed by atoms with van der Waals surface area (Å²) in [5.41, 5.74) is 1.36. The van der Waals surface area contributed by atoms with Gasteiger partial charge in [-0.1, -0.05) is 0 Å². The highest BCUT2D eigenvalue weighted by Crippen LogP contribution is 2.15. The van der Waals surface area contributed by atoms with Crippen molar-refractivity contribution in [3.8, 4) is 0 Å². The van der Waals surface area contributed by atoms with Gasteiger partial charge in [0.2, 0.25) is 0 Å². The molecule has 6 nitrogen and oxygen atoms in total. The Morgan fingerprint density at radius 3 is 2.65 bits per heavy atom. The maximum absolute atomic E-state index is 12.0. The van der Waals surface area contributed by atoms with Gasteiger partial charge >= 0.3 is 11.7 Å². The lowest BCUT2D eigenvalue weighted by atomic mass is 10.1. The molecule has 2 aromatic heterocycles. The normalized spacial score (nSPS) is 10.8. The van der Waals surface area contributed by atoms with Gasteiger partial charge in [0.15, 0.2) is 0 Å². The van der Waals surface area contributed by atoms with Crippen LogP contribution in [0, 0.1) is 20.8 Å². The Kier molecular flexibility index (Phi) is 3.99. The van der Waals surface area contributed by atoms with Crippen molar-refractivity contribution in [3.63, 3.8) is 0 Å². The van der Waals surface area contributed by atoms with Crippen molar-refractivity contribution in [2.45, 2.75) is 33.7 Å². The summed E-state index contributed by atoms with van der Waals surface area (Å²) in [5.74, 6) is -0.933. The van der Waals surface area contributed by atoms with Gasteiger partial charge in [0.25, 0.3) is 0 Å². The van der Waals surface area contributed by atoms with Gasteiger partial charge in [0.05, 0.1) is 18.0 Å². The van der Waals surface area contributed by atoms with Crippen LogP contribution in [0.5, 0.6) is 0 Å². The van der Waals surface area contributed by atoms with Crippen molar-refractivity contribution in [2.75, 3.05) is 0 Å². The van der Waals surface area contributed by atoms with Crippen LogP contribution in [-0.4, -0.2) is 25.6 Å². The van der Waals surface area contributed by atoms with E-state index in [1.807, 2.05) is 6.92 Å². The van der Waals surface area contributed by atoms with Crippen LogP contribution < -0.4 is 5.69 Å². The average molecular weight is 293 g/mol. The molecule has 0 aliphatic heterocycles. The van der Waals surface area contributed by atoms with Crippen LogP contribution in [0.3, 0.4) is 0 Å². The maximum atomic E-state index is 12.0. The molecule has 0 atom stereocenters. The van der Waals surface area contributed by atoms with Crippen molar-refractivity contribution in [1.82, 2.24) is 14.5 Å². The molecule has 0 bridgehead atoms. The monoisotopic (exact) mass is 293 g/mol. The molecule has 0 fully saturated rings. The highest BCUT2D eigenvalue weighted by Gasteiger charge is 2.15. The first-order valence-corrected chi connectivity index (χ1v) is 6.90.